The molecule has 7 heteroatoms. The Morgan fingerprint density at radius 2 is 1.77 bits per heavy atom. The molecular formula is C33H51N3O4. The molecule has 0 radical (unpaired) electrons. The summed E-state index contributed by atoms with van der Waals surface area (Å²) >= 11 is 0. The van der Waals surface area contributed by atoms with E-state index in [2.05, 4.69) is 58.3 Å². The lowest BCUT2D eigenvalue weighted by Gasteiger charge is -2.47. The molecule has 1 saturated carbocycles. The molecule has 1 saturated heterocycles. The van der Waals surface area contributed by atoms with Crippen molar-refractivity contribution in [3.05, 3.63) is 35.4 Å². The fourth-order valence-corrected chi connectivity index (χ4v) is 6.88. The van der Waals surface area contributed by atoms with Gasteiger partial charge in [0.15, 0.2) is 5.84 Å². The fourth-order valence-electron chi connectivity index (χ4n) is 6.88. The van der Waals surface area contributed by atoms with Crippen LogP contribution in [-0.2, 0) is 9.53 Å². The maximum atomic E-state index is 14.6. The van der Waals surface area contributed by atoms with E-state index < -0.39 is 11.6 Å². The second-order valence-corrected chi connectivity index (χ2v) is 14.5. The molecule has 2 aliphatic heterocycles. The number of aliphatic imine (C=N–C) groups is 1. The SMILES string of the molecule is CCCC1COCCN1C1=NC2(CCC(C(C)(C)C)CC2)N([C@H](CCC(C)(C)C)c2ccc(C(=O)O)cc2)C1=O. The largest absolute Gasteiger partial charge is 0.478 e. The number of nitrogens with zero attached hydrogens (tertiary/aromatic N) is 3. The van der Waals surface area contributed by atoms with E-state index in [0.29, 0.717) is 31.5 Å². The molecule has 2 fully saturated rings. The lowest BCUT2D eigenvalue weighted by molar-refractivity contribution is -0.134. The van der Waals surface area contributed by atoms with Crippen LogP contribution in [0.25, 0.3) is 0 Å². The van der Waals surface area contributed by atoms with Gasteiger partial charge < -0.3 is 19.6 Å². The number of carboxylic acids is 1. The third-order valence-electron chi connectivity index (χ3n) is 9.33. The molecule has 1 aromatic rings. The number of hydrogen-bond donors (Lipinski definition) is 1. The summed E-state index contributed by atoms with van der Waals surface area (Å²) in [5.74, 6) is 0.289. The lowest BCUT2D eigenvalue weighted by atomic mass is 9.69. The van der Waals surface area contributed by atoms with E-state index in [1.165, 1.54) is 0 Å². The van der Waals surface area contributed by atoms with Gasteiger partial charge in [0.1, 0.15) is 5.66 Å². The van der Waals surface area contributed by atoms with Gasteiger partial charge in [0.05, 0.1) is 30.9 Å². The zero-order valence-corrected chi connectivity index (χ0v) is 25.8. The minimum absolute atomic E-state index is 0.0263. The van der Waals surface area contributed by atoms with Crippen LogP contribution in [0.1, 0.15) is 122 Å². The Morgan fingerprint density at radius 1 is 1.12 bits per heavy atom. The maximum Gasteiger partial charge on any atom is 0.335 e. The average molecular weight is 554 g/mol. The first-order valence-electron chi connectivity index (χ1n) is 15.4. The lowest BCUT2D eigenvalue weighted by Crippen LogP contribution is -2.54. The van der Waals surface area contributed by atoms with Crippen LogP contribution in [0.2, 0.25) is 0 Å². The van der Waals surface area contributed by atoms with E-state index in [-0.39, 0.29) is 34.4 Å². The first kappa shape index (κ1) is 30.5. The van der Waals surface area contributed by atoms with Crippen LogP contribution in [0, 0.1) is 16.7 Å². The van der Waals surface area contributed by atoms with Gasteiger partial charge >= 0.3 is 5.97 Å². The summed E-state index contributed by atoms with van der Waals surface area (Å²) in [7, 11) is 0. The zero-order chi connectivity index (χ0) is 29.3. The molecule has 0 bridgehead atoms. The number of rotatable bonds is 7. The van der Waals surface area contributed by atoms with Crippen molar-refractivity contribution in [3.63, 3.8) is 0 Å². The topological polar surface area (TPSA) is 82.4 Å². The second-order valence-electron chi connectivity index (χ2n) is 14.5. The normalized spacial score (nSPS) is 26.8. The van der Waals surface area contributed by atoms with Crippen LogP contribution in [0.15, 0.2) is 29.3 Å². The number of aromatic carboxylic acids is 1. The Balaban J connectivity index is 1.77. The minimum Gasteiger partial charge on any atom is -0.478 e. The van der Waals surface area contributed by atoms with Gasteiger partial charge in [0.2, 0.25) is 0 Å². The van der Waals surface area contributed by atoms with Gasteiger partial charge in [-0.05, 0) is 79.4 Å². The number of carbonyl (C=O) groups is 2. The number of carboxylic acid groups (broad SMARTS) is 1. The van der Waals surface area contributed by atoms with Crippen LogP contribution >= 0.6 is 0 Å². The Bertz CT molecular complexity index is 1070. The quantitative estimate of drug-likeness (QED) is 0.396. The molecule has 4 rings (SSSR count). The summed E-state index contributed by atoms with van der Waals surface area (Å²) in [5.41, 5.74) is 0.995. The average Bonchev–Trinajstić information content (AvgIpc) is 3.15. The summed E-state index contributed by atoms with van der Waals surface area (Å²) in [6, 6.07) is 7.15. The highest BCUT2D eigenvalue weighted by Gasteiger charge is 2.54. The first-order valence-corrected chi connectivity index (χ1v) is 15.4. The van der Waals surface area contributed by atoms with Crippen molar-refractivity contribution in [3.8, 4) is 0 Å². The number of ether oxygens (including phenoxy) is 1. The molecule has 1 aromatic carbocycles. The molecule has 3 aliphatic rings. The monoisotopic (exact) mass is 553 g/mol. The van der Waals surface area contributed by atoms with Crippen LogP contribution in [0.4, 0.5) is 0 Å². The third kappa shape index (κ3) is 6.56. The van der Waals surface area contributed by atoms with Crippen molar-refractivity contribution in [1.82, 2.24) is 9.80 Å². The molecule has 1 amide bonds. The number of morpholine rings is 1. The van der Waals surface area contributed by atoms with E-state index in [1.807, 2.05) is 12.1 Å². The van der Waals surface area contributed by atoms with E-state index in [9.17, 15) is 14.7 Å². The van der Waals surface area contributed by atoms with E-state index in [4.69, 9.17) is 9.73 Å². The van der Waals surface area contributed by atoms with Crippen LogP contribution < -0.4 is 0 Å². The molecule has 1 N–H and O–H groups in total. The number of amides is 1. The summed E-state index contributed by atoms with van der Waals surface area (Å²) in [5, 5.41) is 9.52. The molecular weight excluding hydrogens is 502 g/mol. The molecule has 1 aliphatic carbocycles. The number of benzene rings is 1. The summed E-state index contributed by atoms with van der Waals surface area (Å²) < 4.78 is 5.83. The molecule has 1 spiro atoms. The molecule has 0 aromatic heterocycles. The van der Waals surface area contributed by atoms with Crippen molar-refractivity contribution in [2.24, 2.45) is 21.7 Å². The predicted octanol–water partition coefficient (Wildman–Crippen LogP) is 6.93. The predicted molar refractivity (Wildman–Crippen MR) is 159 cm³/mol. The highest BCUT2D eigenvalue weighted by atomic mass is 16.5. The van der Waals surface area contributed by atoms with Crippen LogP contribution in [0.5, 0.6) is 0 Å². The van der Waals surface area contributed by atoms with Gasteiger partial charge in [0, 0.05) is 6.54 Å². The minimum atomic E-state index is -0.938. The number of carbonyl (C=O) groups excluding carboxylic acids is 1. The maximum absolute atomic E-state index is 14.6. The first-order chi connectivity index (χ1) is 18.8. The van der Waals surface area contributed by atoms with E-state index in [1.54, 1.807) is 12.1 Å². The number of amidine groups is 1. The molecule has 40 heavy (non-hydrogen) atoms. The van der Waals surface area contributed by atoms with Crippen molar-refractivity contribution in [2.45, 2.75) is 118 Å². The highest BCUT2D eigenvalue weighted by Crippen LogP contribution is 2.50. The Hall–Kier alpha value is -2.41. The van der Waals surface area contributed by atoms with Gasteiger partial charge in [0.25, 0.3) is 5.91 Å². The Kier molecular flexibility index (Phi) is 9.03. The Morgan fingerprint density at radius 3 is 2.33 bits per heavy atom. The highest BCUT2D eigenvalue weighted by molar-refractivity contribution is 6.39. The van der Waals surface area contributed by atoms with E-state index >= 15 is 0 Å². The molecule has 1 unspecified atom stereocenters. The third-order valence-corrected chi connectivity index (χ3v) is 9.33. The molecule has 222 valence electrons. The van der Waals surface area contributed by atoms with Crippen LogP contribution in [0.3, 0.4) is 0 Å². The molecule has 2 heterocycles. The van der Waals surface area contributed by atoms with Crippen molar-refractivity contribution >= 4 is 17.7 Å². The number of hydrogen-bond acceptors (Lipinski definition) is 5. The Labute approximate surface area is 241 Å². The molecule has 2 atom stereocenters. The van der Waals surface area contributed by atoms with Crippen molar-refractivity contribution < 1.29 is 19.4 Å². The van der Waals surface area contributed by atoms with Crippen molar-refractivity contribution in [1.29, 1.82) is 0 Å². The van der Waals surface area contributed by atoms with Gasteiger partial charge in [-0.3, -0.25) is 4.79 Å². The second kappa shape index (κ2) is 11.8. The van der Waals surface area contributed by atoms with Gasteiger partial charge in [-0.2, -0.15) is 0 Å². The van der Waals surface area contributed by atoms with Crippen molar-refractivity contribution in [2.75, 3.05) is 19.8 Å². The van der Waals surface area contributed by atoms with Crippen LogP contribution in [-0.4, -0.2) is 64.1 Å². The smallest absolute Gasteiger partial charge is 0.335 e. The summed E-state index contributed by atoms with van der Waals surface area (Å²) in [6.07, 6.45) is 7.52. The fraction of sp³-hybridized carbons (Fsp3) is 0.727. The summed E-state index contributed by atoms with van der Waals surface area (Å²) in [6.45, 7) is 17.8. The zero-order valence-electron chi connectivity index (χ0n) is 25.8. The summed E-state index contributed by atoms with van der Waals surface area (Å²) in [4.78, 5) is 36.0. The molecule has 7 nitrogen and oxygen atoms in total. The van der Waals surface area contributed by atoms with Gasteiger partial charge in [-0.1, -0.05) is 67.0 Å². The van der Waals surface area contributed by atoms with Gasteiger partial charge in [-0.25, -0.2) is 9.79 Å². The van der Waals surface area contributed by atoms with E-state index in [0.717, 1.165) is 56.9 Å². The standard InChI is InChI=1S/C33H51N3O4/c1-8-9-26-22-40-21-20-35(26)28-29(37)36(33(34-28)18-14-25(15-19-33)32(5,6)7)27(16-17-31(2,3)4)23-10-12-24(13-11-23)30(38)39/h10-13,25-27H,8-9,14-22H2,1-7H3,(H,38,39)/t25?,26?,27-,33?/m1/s1. The van der Waals surface area contributed by atoms with Gasteiger partial charge in [-0.15, -0.1) is 0 Å².